The van der Waals surface area contributed by atoms with Gasteiger partial charge in [-0.25, -0.2) is 14.4 Å². The third-order valence-corrected chi connectivity index (χ3v) is 2.55. The lowest BCUT2D eigenvalue weighted by Gasteiger charge is -2.04. The van der Waals surface area contributed by atoms with E-state index in [9.17, 15) is 4.39 Å². The molecule has 1 heterocycles. The summed E-state index contributed by atoms with van der Waals surface area (Å²) in [5.41, 5.74) is 0.654. The predicted molar refractivity (Wildman–Crippen MR) is 62.2 cm³/mol. The Morgan fingerprint density at radius 1 is 1.18 bits per heavy atom. The summed E-state index contributed by atoms with van der Waals surface area (Å²) >= 11 is 11.4. The van der Waals surface area contributed by atoms with Crippen molar-refractivity contribution in [3.8, 4) is 17.3 Å². The molecular weight excluding hydrogens is 264 g/mol. The van der Waals surface area contributed by atoms with E-state index in [1.165, 1.54) is 24.5 Å². The first-order valence-corrected chi connectivity index (χ1v) is 5.24. The van der Waals surface area contributed by atoms with E-state index < -0.39 is 5.82 Å². The van der Waals surface area contributed by atoms with Gasteiger partial charge in [0.2, 0.25) is 0 Å². The van der Waals surface area contributed by atoms with Gasteiger partial charge in [0.05, 0.1) is 22.3 Å². The highest BCUT2D eigenvalue weighted by Gasteiger charge is 2.12. The highest BCUT2D eigenvalue weighted by molar-refractivity contribution is 6.31. The number of hydrogen-bond acceptors (Lipinski definition) is 3. The average Bonchev–Trinajstić information content (AvgIpc) is 2.32. The van der Waals surface area contributed by atoms with Crippen molar-refractivity contribution < 1.29 is 4.39 Å². The van der Waals surface area contributed by atoms with Crippen LogP contribution in [0.5, 0.6) is 0 Å². The molecule has 0 aliphatic rings. The van der Waals surface area contributed by atoms with E-state index in [4.69, 9.17) is 28.5 Å². The van der Waals surface area contributed by atoms with E-state index in [0.29, 0.717) is 0 Å². The van der Waals surface area contributed by atoms with Crippen molar-refractivity contribution in [2.75, 3.05) is 0 Å². The molecule has 84 valence electrons. The van der Waals surface area contributed by atoms with Gasteiger partial charge >= 0.3 is 0 Å². The van der Waals surface area contributed by atoms with Gasteiger partial charge in [-0.15, -0.1) is 0 Å². The lowest BCUT2D eigenvalue weighted by Crippen LogP contribution is -1.92. The van der Waals surface area contributed by atoms with Crippen LogP contribution >= 0.6 is 23.2 Å². The summed E-state index contributed by atoms with van der Waals surface area (Å²) in [5.74, 6) is -0.638. The van der Waals surface area contributed by atoms with Gasteiger partial charge in [0.25, 0.3) is 0 Å². The first kappa shape index (κ1) is 11.8. The highest BCUT2D eigenvalue weighted by atomic mass is 35.5. The van der Waals surface area contributed by atoms with Crippen LogP contribution in [0.3, 0.4) is 0 Å². The van der Waals surface area contributed by atoms with Crippen molar-refractivity contribution in [3.63, 3.8) is 0 Å². The molecule has 2 rings (SSSR count). The second-order valence-corrected chi connectivity index (χ2v) is 3.95. The minimum atomic E-state index is -0.638. The van der Waals surface area contributed by atoms with Gasteiger partial charge in [0.15, 0.2) is 5.82 Å². The van der Waals surface area contributed by atoms with Crippen LogP contribution in [0.2, 0.25) is 10.2 Å². The standard InChI is InChI=1S/C11H4Cl2FN3/c12-8-2-6(4-15)1-7(11(8)14)9-3-10(13)17-5-16-9/h1-3,5H. The van der Waals surface area contributed by atoms with Crippen LogP contribution < -0.4 is 0 Å². The van der Waals surface area contributed by atoms with Crippen LogP contribution in [0.15, 0.2) is 24.5 Å². The molecule has 0 aliphatic heterocycles. The normalized spacial score (nSPS) is 10.0. The fourth-order valence-corrected chi connectivity index (χ4v) is 1.69. The number of nitrogens with zero attached hydrogens (tertiary/aromatic N) is 3. The Hall–Kier alpha value is -1.70. The van der Waals surface area contributed by atoms with E-state index in [0.717, 1.165) is 0 Å². The maximum absolute atomic E-state index is 13.8. The molecule has 0 unspecified atom stereocenters. The maximum atomic E-state index is 13.8. The Balaban J connectivity index is 2.67. The van der Waals surface area contributed by atoms with Crippen molar-refractivity contribution >= 4 is 23.2 Å². The second-order valence-electron chi connectivity index (χ2n) is 3.16. The lowest BCUT2D eigenvalue weighted by atomic mass is 10.1. The van der Waals surface area contributed by atoms with Crippen molar-refractivity contribution in [3.05, 3.63) is 46.1 Å². The summed E-state index contributed by atoms with van der Waals surface area (Å²) in [6.07, 6.45) is 1.21. The van der Waals surface area contributed by atoms with Crippen LogP contribution in [0.25, 0.3) is 11.3 Å². The zero-order valence-electron chi connectivity index (χ0n) is 8.28. The molecule has 0 amide bonds. The highest BCUT2D eigenvalue weighted by Crippen LogP contribution is 2.28. The monoisotopic (exact) mass is 267 g/mol. The third kappa shape index (κ3) is 2.36. The quantitative estimate of drug-likeness (QED) is 0.744. The molecular formula is C11H4Cl2FN3. The SMILES string of the molecule is N#Cc1cc(Cl)c(F)c(-c2cc(Cl)ncn2)c1. The largest absolute Gasteiger partial charge is 0.236 e. The van der Waals surface area contributed by atoms with Crippen molar-refractivity contribution in [1.82, 2.24) is 9.97 Å². The Labute approximate surface area is 106 Å². The topological polar surface area (TPSA) is 49.6 Å². The zero-order chi connectivity index (χ0) is 12.4. The molecule has 0 bridgehead atoms. The van der Waals surface area contributed by atoms with E-state index in [1.807, 2.05) is 6.07 Å². The van der Waals surface area contributed by atoms with Crippen LogP contribution in [0, 0.1) is 17.1 Å². The molecule has 0 saturated heterocycles. The zero-order valence-corrected chi connectivity index (χ0v) is 9.80. The molecule has 0 aliphatic carbocycles. The van der Waals surface area contributed by atoms with E-state index in [2.05, 4.69) is 9.97 Å². The van der Waals surface area contributed by atoms with Crippen molar-refractivity contribution in [2.45, 2.75) is 0 Å². The Morgan fingerprint density at radius 2 is 1.94 bits per heavy atom. The number of hydrogen-bond donors (Lipinski definition) is 0. The molecule has 1 aromatic carbocycles. The smallest absolute Gasteiger partial charge is 0.151 e. The van der Waals surface area contributed by atoms with E-state index >= 15 is 0 Å². The van der Waals surface area contributed by atoms with Gasteiger partial charge in [-0.3, -0.25) is 0 Å². The first-order valence-electron chi connectivity index (χ1n) is 4.49. The molecule has 3 nitrogen and oxygen atoms in total. The van der Waals surface area contributed by atoms with Crippen molar-refractivity contribution in [2.24, 2.45) is 0 Å². The van der Waals surface area contributed by atoms with Gasteiger partial charge in [-0.05, 0) is 12.1 Å². The van der Waals surface area contributed by atoms with Crippen LogP contribution in [-0.2, 0) is 0 Å². The number of nitriles is 1. The van der Waals surface area contributed by atoms with Gasteiger partial charge in [0.1, 0.15) is 11.5 Å². The minimum absolute atomic E-state index is 0.123. The summed E-state index contributed by atoms with van der Waals surface area (Å²) in [5, 5.41) is 8.85. The number of rotatable bonds is 1. The third-order valence-electron chi connectivity index (χ3n) is 2.07. The van der Waals surface area contributed by atoms with Crippen LogP contribution in [-0.4, -0.2) is 9.97 Å². The summed E-state index contributed by atoms with van der Waals surface area (Å²) in [6.45, 7) is 0. The molecule has 0 N–H and O–H groups in total. The van der Waals surface area contributed by atoms with E-state index in [-0.39, 0.29) is 27.0 Å². The number of halogens is 3. The molecule has 6 heteroatoms. The molecule has 0 radical (unpaired) electrons. The number of aromatic nitrogens is 2. The van der Waals surface area contributed by atoms with E-state index in [1.54, 1.807) is 0 Å². The van der Waals surface area contributed by atoms with Gasteiger partial charge in [0, 0.05) is 11.6 Å². The maximum Gasteiger partial charge on any atom is 0.151 e. The molecule has 1 aromatic heterocycles. The lowest BCUT2D eigenvalue weighted by molar-refractivity contribution is 0.631. The molecule has 0 atom stereocenters. The summed E-state index contributed by atoms with van der Waals surface area (Å²) in [7, 11) is 0. The summed E-state index contributed by atoms with van der Waals surface area (Å²) < 4.78 is 13.8. The molecule has 17 heavy (non-hydrogen) atoms. The molecule has 0 spiro atoms. The predicted octanol–water partition coefficient (Wildman–Crippen LogP) is 3.46. The molecule has 0 saturated carbocycles. The van der Waals surface area contributed by atoms with Gasteiger partial charge < -0.3 is 0 Å². The molecule has 2 aromatic rings. The molecule has 0 fully saturated rings. The number of benzene rings is 1. The fourth-order valence-electron chi connectivity index (χ4n) is 1.32. The summed E-state index contributed by atoms with van der Waals surface area (Å²) in [6, 6.07) is 5.91. The summed E-state index contributed by atoms with van der Waals surface area (Å²) in [4.78, 5) is 7.58. The van der Waals surface area contributed by atoms with Gasteiger partial charge in [-0.1, -0.05) is 23.2 Å². The van der Waals surface area contributed by atoms with Crippen molar-refractivity contribution in [1.29, 1.82) is 5.26 Å². The Bertz CT molecular complexity index is 623. The second kappa shape index (κ2) is 4.66. The first-order chi connectivity index (χ1) is 8.11. The van der Waals surface area contributed by atoms with Crippen LogP contribution in [0.4, 0.5) is 4.39 Å². The fraction of sp³-hybridized carbons (Fsp3) is 0. The minimum Gasteiger partial charge on any atom is -0.236 e. The Morgan fingerprint density at radius 3 is 2.59 bits per heavy atom. The van der Waals surface area contributed by atoms with Crippen LogP contribution in [0.1, 0.15) is 5.56 Å². The average molecular weight is 268 g/mol. The Kier molecular flexibility index (Phi) is 3.23. The van der Waals surface area contributed by atoms with Gasteiger partial charge in [-0.2, -0.15) is 5.26 Å².